The van der Waals surface area contributed by atoms with Crippen LogP contribution in [0.3, 0.4) is 0 Å². The number of aliphatic hydroxyl groups is 1. The van der Waals surface area contributed by atoms with E-state index in [4.69, 9.17) is 20.9 Å². The summed E-state index contributed by atoms with van der Waals surface area (Å²) in [4.78, 5) is 13.2. The molecule has 5 rings (SSSR count). The van der Waals surface area contributed by atoms with Gasteiger partial charge in [0.05, 0.1) is 19.3 Å². The number of fused-ring (bicyclic) bond motifs is 1. The van der Waals surface area contributed by atoms with Crippen LogP contribution in [0.25, 0.3) is 22.3 Å². The number of hydrogen-bond acceptors (Lipinski definition) is 9. The number of rotatable bonds is 10. The van der Waals surface area contributed by atoms with Crippen molar-refractivity contribution < 1.29 is 14.6 Å². The van der Waals surface area contributed by atoms with Crippen molar-refractivity contribution in [1.82, 2.24) is 19.5 Å². The SMILES string of the molecule is NCCCOc1cc(CNc2nc3c(N)ncnc3n2[C@H]2CC[C@@H](CO)O2)ccc1-c1ccccc1. The van der Waals surface area contributed by atoms with E-state index in [0.717, 1.165) is 41.7 Å². The number of aliphatic hydroxyl groups excluding tert-OH is 1. The molecule has 0 radical (unpaired) electrons. The Kier molecular flexibility index (Phi) is 7.26. The van der Waals surface area contributed by atoms with E-state index in [1.54, 1.807) is 0 Å². The van der Waals surface area contributed by atoms with Gasteiger partial charge in [0, 0.05) is 12.1 Å². The van der Waals surface area contributed by atoms with Crippen molar-refractivity contribution in [1.29, 1.82) is 0 Å². The molecule has 0 spiro atoms. The number of nitrogens with zero attached hydrogens (tertiary/aromatic N) is 4. The van der Waals surface area contributed by atoms with Crippen LogP contribution in [0.2, 0.25) is 0 Å². The maximum atomic E-state index is 9.54. The Bertz CT molecular complexity index is 1310. The lowest BCUT2D eigenvalue weighted by atomic mass is 10.0. The van der Waals surface area contributed by atoms with Crippen LogP contribution in [0, 0.1) is 0 Å². The summed E-state index contributed by atoms with van der Waals surface area (Å²) in [6, 6.07) is 16.3. The van der Waals surface area contributed by atoms with Gasteiger partial charge in [-0.05, 0) is 43.0 Å². The first kappa shape index (κ1) is 24.0. The summed E-state index contributed by atoms with van der Waals surface area (Å²) < 4.78 is 14.0. The highest BCUT2D eigenvalue weighted by Crippen LogP contribution is 2.35. The first-order chi connectivity index (χ1) is 17.7. The van der Waals surface area contributed by atoms with E-state index in [1.165, 1.54) is 6.33 Å². The zero-order valence-corrected chi connectivity index (χ0v) is 20.0. The van der Waals surface area contributed by atoms with Crippen molar-refractivity contribution in [3.8, 4) is 16.9 Å². The molecule has 0 saturated carbocycles. The van der Waals surface area contributed by atoms with Crippen molar-refractivity contribution in [3.63, 3.8) is 0 Å². The summed E-state index contributed by atoms with van der Waals surface area (Å²) in [5.74, 6) is 1.70. The van der Waals surface area contributed by atoms with Crippen molar-refractivity contribution in [2.45, 2.75) is 38.1 Å². The van der Waals surface area contributed by atoms with E-state index in [0.29, 0.717) is 42.6 Å². The fourth-order valence-corrected chi connectivity index (χ4v) is 4.43. The molecule has 1 aliphatic rings. The Morgan fingerprint density at radius 3 is 2.78 bits per heavy atom. The molecule has 0 unspecified atom stereocenters. The number of nitrogen functional groups attached to an aromatic ring is 1. The van der Waals surface area contributed by atoms with E-state index in [-0.39, 0.29) is 18.9 Å². The van der Waals surface area contributed by atoms with Crippen molar-refractivity contribution in [2.75, 3.05) is 30.8 Å². The Labute approximate surface area is 209 Å². The van der Waals surface area contributed by atoms with Gasteiger partial charge in [-0.2, -0.15) is 0 Å². The Morgan fingerprint density at radius 2 is 2.00 bits per heavy atom. The third kappa shape index (κ3) is 4.97. The first-order valence-electron chi connectivity index (χ1n) is 12.2. The topological polar surface area (TPSA) is 146 Å². The number of benzene rings is 2. The second-order valence-corrected chi connectivity index (χ2v) is 8.75. The van der Waals surface area contributed by atoms with Crippen LogP contribution in [0.1, 0.15) is 31.1 Å². The highest BCUT2D eigenvalue weighted by atomic mass is 16.5. The number of hydrogen-bond donors (Lipinski definition) is 4. The number of imidazole rings is 1. The van der Waals surface area contributed by atoms with Gasteiger partial charge in [0.15, 0.2) is 17.0 Å². The molecule has 10 heteroatoms. The van der Waals surface area contributed by atoms with Crippen molar-refractivity contribution >= 4 is 22.9 Å². The summed E-state index contributed by atoms with van der Waals surface area (Å²) in [7, 11) is 0. The molecule has 0 amide bonds. The lowest BCUT2D eigenvalue weighted by Crippen LogP contribution is -2.17. The minimum absolute atomic E-state index is 0.0241. The molecule has 2 atom stereocenters. The van der Waals surface area contributed by atoms with Gasteiger partial charge in [-0.1, -0.05) is 42.5 Å². The standard InChI is InChI=1S/C26H31N7O3/c27-11-4-12-35-21-13-17(7-9-20(21)18-5-2-1-3-6-18)14-29-26-32-23-24(28)30-16-31-25(23)33(26)22-10-8-19(15-34)36-22/h1-3,5-7,9,13,16,19,22,34H,4,8,10-12,14-15,27H2,(H,29,32)(H2,28,30,31)/t19-,22+/m0/s1. The second-order valence-electron chi connectivity index (χ2n) is 8.75. The third-order valence-corrected chi connectivity index (χ3v) is 6.27. The van der Waals surface area contributed by atoms with Crippen LogP contribution >= 0.6 is 0 Å². The molecule has 1 fully saturated rings. The number of ether oxygens (including phenoxy) is 2. The molecular weight excluding hydrogens is 458 g/mol. The molecule has 2 aromatic heterocycles. The van der Waals surface area contributed by atoms with Crippen LogP contribution in [-0.4, -0.2) is 50.5 Å². The molecule has 2 aromatic carbocycles. The normalized spacial score (nSPS) is 17.5. The van der Waals surface area contributed by atoms with Crippen LogP contribution in [0.15, 0.2) is 54.9 Å². The highest BCUT2D eigenvalue weighted by Gasteiger charge is 2.30. The smallest absolute Gasteiger partial charge is 0.207 e. The summed E-state index contributed by atoms with van der Waals surface area (Å²) in [5, 5.41) is 13.0. The largest absolute Gasteiger partial charge is 0.493 e. The summed E-state index contributed by atoms with van der Waals surface area (Å²) in [6.07, 6.45) is 3.17. The van der Waals surface area contributed by atoms with Gasteiger partial charge in [0.2, 0.25) is 5.95 Å². The number of nitrogens with two attached hydrogens (primary N) is 2. The summed E-state index contributed by atoms with van der Waals surface area (Å²) in [5.41, 5.74) is 16.0. The van der Waals surface area contributed by atoms with Gasteiger partial charge in [-0.3, -0.25) is 4.57 Å². The monoisotopic (exact) mass is 489 g/mol. The number of nitrogens with one attached hydrogen (secondary N) is 1. The molecule has 0 aliphatic carbocycles. The average molecular weight is 490 g/mol. The molecule has 3 heterocycles. The van der Waals surface area contributed by atoms with E-state index >= 15 is 0 Å². The fourth-order valence-electron chi connectivity index (χ4n) is 4.43. The van der Waals surface area contributed by atoms with Gasteiger partial charge < -0.3 is 31.4 Å². The van der Waals surface area contributed by atoms with Crippen LogP contribution in [0.4, 0.5) is 11.8 Å². The molecule has 10 nitrogen and oxygen atoms in total. The van der Waals surface area contributed by atoms with Crippen LogP contribution < -0.4 is 21.5 Å². The first-order valence-corrected chi connectivity index (χ1v) is 12.2. The Hall–Kier alpha value is -3.73. The van der Waals surface area contributed by atoms with Gasteiger partial charge in [-0.15, -0.1) is 0 Å². The summed E-state index contributed by atoms with van der Waals surface area (Å²) >= 11 is 0. The fraction of sp³-hybridized carbons (Fsp3) is 0.346. The molecular formula is C26H31N7O3. The zero-order chi connectivity index (χ0) is 24.9. The zero-order valence-electron chi connectivity index (χ0n) is 20.0. The summed E-state index contributed by atoms with van der Waals surface area (Å²) in [6.45, 7) is 1.59. The van der Waals surface area contributed by atoms with E-state index in [9.17, 15) is 5.11 Å². The highest BCUT2D eigenvalue weighted by molar-refractivity contribution is 5.84. The lowest BCUT2D eigenvalue weighted by molar-refractivity contribution is -0.0197. The van der Waals surface area contributed by atoms with E-state index in [1.807, 2.05) is 28.8 Å². The van der Waals surface area contributed by atoms with Gasteiger partial charge in [-0.25, -0.2) is 15.0 Å². The number of anilines is 2. The van der Waals surface area contributed by atoms with Crippen molar-refractivity contribution in [2.24, 2.45) is 5.73 Å². The van der Waals surface area contributed by atoms with Crippen LogP contribution in [0.5, 0.6) is 5.75 Å². The molecule has 36 heavy (non-hydrogen) atoms. The lowest BCUT2D eigenvalue weighted by Gasteiger charge is -2.18. The van der Waals surface area contributed by atoms with Gasteiger partial charge in [0.1, 0.15) is 18.3 Å². The van der Waals surface area contributed by atoms with E-state index in [2.05, 4.69) is 44.5 Å². The Balaban J connectivity index is 1.43. The van der Waals surface area contributed by atoms with Gasteiger partial charge in [0.25, 0.3) is 0 Å². The van der Waals surface area contributed by atoms with Crippen molar-refractivity contribution in [3.05, 3.63) is 60.4 Å². The third-order valence-electron chi connectivity index (χ3n) is 6.27. The van der Waals surface area contributed by atoms with Gasteiger partial charge >= 0.3 is 0 Å². The predicted molar refractivity (Wildman–Crippen MR) is 138 cm³/mol. The molecule has 6 N–H and O–H groups in total. The maximum absolute atomic E-state index is 9.54. The molecule has 1 saturated heterocycles. The maximum Gasteiger partial charge on any atom is 0.207 e. The molecule has 0 bridgehead atoms. The second kappa shape index (κ2) is 10.9. The Morgan fingerprint density at radius 1 is 1.14 bits per heavy atom. The quantitative estimate of drug-likeness (QED) is 0.247. The van der Waals surface area contributed by atoms with E-state index < -0.39 is 0 Å². The minimum Gasteiger partial charge on any atom is -0.493 e. The average Bonchev–Trinajstić information content (AvgIpc) is 3.53. The molecule has 1 aliphatic heterocycles. The molecule has 188 valence electrons. The molecule has 4 aromatic rings. The number of aromatic nitrogens is 4. The predicted octanol–water partition coefficient (Wildman–Crippen LogP) is 3.09. The van der Waals surface area contributed by atoms with Crippen LogP contribution in [-0.2, 0) is 11.3 Å². The minimum atomic E-state index is -0.306.